The van der Waals surface area contributed by atoms with E-state index in [1.807, 2.05) is 24.3 Å². The molecule has 2 rings (SSSR count). The summed E-state index contributed by atoms with van der Waals surface area (Å²) in [6, 6.07) is 7.48. The highest BCUT2D eigenvalue weighted by atomic mass is 16.5. The molecular formula is C23H32O6. The van der Waals surface area contributed by atoms with Crippen LogP contribution in [0.4, 0.5) is 0 Å². The third-order valence-corrected chi connectivity index (χ3v) is 5.51. The van der Waals surface area contributed by atoms with Crippen molar-refractivity contribution in [2.24, 2.45) is 11.8 Å². The van der Waals surface area contributed by atoms with Crippen LogP contribution in [0.5, 0.6) is 0 Å². The highest BCUT2D eigenvalue weighted by Gasteiger charge is 2.57. The lowest BCUT2D eigenvalue weighted by Crippen LogP contribution is -2.55. The van der Waals surface area contributed by atoms with Crippen LogP contribution in [0.3, 0.4) is 0 Å². The molecule has 1 aliphatic rings. The predicted octanol–water partition coefficient (Wildman–Crippen LogP) is 3.15. The molecule has 0 amide bonds. The van der Waals surface area contributed by atoms with Gasteiger partial charge in [0.25, 0.3) is 0 Å². The Morgan fingerprint density at radius 2 is 1.59 bits per heavy atom. The van der Waals surface area contributed by atoms with Crippen molar-refractivity contribution in [2.75, 3.05) is 13.2 Å². The number of esters is 2. The maximum Gasteiger partial charge on any atom is 0.317 e. The molecule has 1 aromatic carbocycles. The topological polar surface area (TPSA) is 89.9 Å². The number of rotatable bonds is 5. The summed E-state index contributed by atoms with van der Waals surface area (Å²) in [6.07, 6.45) is -0.309. The lowest BCUT2D eigenvalue weighted by Gasteiger charge is -2.43. The molecule has 0 saturated heterocycles. The molecule has 1 saturated carbocycles. The van der Waals surface area contributed by atoms with Crippen LogP contribution in [-0.4, -0.2) is 41.6 Å². The Labute approximate surface area is 172 Å². The molecule has 0 aliphatic heterocycles. The average Bonchev–Trinajstić information content (AvgIpc) is 2.59. The first-order valence-corrected chi connectivity index (χ1v) is 10.1. The van der Waals surface area contributed by atoms with E-state index in [4.69, 9.17) is 9.47 Å². The van der Waals surface area contributed by atoms with Crippen LogP contribution in [0, 0.1) is 11.8 Å². The first kappa shape index (κ1) is 23.1. The average molecular weight is 405 g/mol. The molecule has 1 fully saturated rings. The van der Waals surface area contributed by atoms with Crippen molar-refractivity contribution in [3.63, 3.8) is 0 Å². The highest BCUT2D eigenvalue weighted by molar-refractivity contribution is 6.02. The van der Waals surface area contributed by atoms with Gasteiger partial charge in [0, 0.05) is 12.3 Å². The Morgan fingerprint density at radius 3 is 2.07 bits per heavy atom. The van der Waals surface area contributed by atoms with Crippen LogP contribution >= 0.6 is 0 Å². The Morgan fingerprint density at radius 1 is 1.07 bits per heavy atom. The van der Waals surface area contributed by atoms with Gasteiger partial charge in [-0.25, -0.2) is 0 Å². The van der Waals surface area contributed by atoms with Crippen molar-refractivity contribution >= 4 is 17.7 Å². The van der Waals surface area contributed by atoms with E-state index in [0.29, 0.717) is 5.56 Å². The minimum absolute atomic E-state index is 0.0759. The lowest BCUT2D eigenvalue weighted by molar-refractivity contribution is -0.172. The van der Waals surface area contributed by atoms with E-state index in [0.717, 1.165) is 5.56 Å². The van der Waals surface area contributed by atoms with E-state index in [1.54, 1.807) is 13.8 Å². The fraction of sp³-hybridized carbons (Fsp3) is 0.609. The number of hydrogen-bond acceptors (Lipinski definition) is 6. The van der Waals surface area contributed by atoms with Crippen LogP contribution in [0.1, 0.15) is 65.0 Å². The molecular weight excluding hydrogens is 372 g/mol. The molecule has 0 bridgehead atoms. The molecule has 4 atom stereocenters. The molecule has 6 heteroatoms. The lowest BCUT2D eigenvalue weighted by atomic mass is 9.61. The monoisotopic (exact) mass is 404 g/mol. The quantitative estimate of drug-likeness (QED) is 0.599. The van der Waals surface area contributed by atoms with Crippen molar-refractivity contribution in [3.8, 4) is 0 Å². The predicted molar refractivity (Wildman–Crippen MR) is 108 cm³/mol. The van der Waals surface area contributed by atoms with Gasteiger partial charge in [-0.15, -0.1) is 0 Å². The smallest absolute Gasteiger partial charge is 0.317 e. The minimum Gasteiger partial charge on any atom is -0.466 e. The molecule has 6 nitrogen and oxygen atoms in total. The van der Waals surface area contributed by atoms with Gasteiger partial charge in [0.05, 0.1) is 24.7 Å². The second kappa shape index (κ2) is 8.66. The number of aliphatic hydroxyl groups is 1. The first-order chi connectivity index (χ1) is 13.4. The molecule has 0 heterocycles. The number of benzene rings is 1. The van der Waals surface area contributed by atoms with Gasteiger partial charge in [0.15, 0.2) is 5.78 Å². The molecule has 0 unspecified atom stereocenters. The molecule has 160 valence electrons. The van der Waals surface area contributed by atoms with Crippen LogP contribution in [0.15, 0.2) is 24.3 Å². The Hall–Kier alpha value is -2.21. The van der Waals surface area contributed by atoms with Gasteiger partial charge < -0.3 is 14.6 Å². The van der Waals surface area contributed by atoms with E-state index in [9.17, 15) is 19.5 Å². The van der Waals surface area contributed by atoms with E-state index < -0.39 is 41.1 Å². The molecule has 0 aromatic heterocycles. The summed E-state index contributed by atoms with van der Waals surface area (Å²) in [4.78, 5) is 38.3. The minimum atomic E-state index is -1.63. The second-order valence-corrected chi connectivity index (χ2v) is 8.86. The summed E-state index contributed by atoms with van der Waals surface area (Å²) in [7, 11) is 0. The Kier molecular flexibility index (Phi) is 6.89. The molecule has 0 radical (unpaired) electrons. The number of carbonyl (C=O) groups is 3. The number of ketones is 1. The summed E-state index contributed by atoms with van der Waals surface area (Å²) in [5.41, 5.74) is 0.00523. The zero-order valence-corrected chi connectivity index (χ0v) is 18.2. The number of ether oxygens (including phenoxy) is 2. The summed E-state index contributed by atoms with van der Waals surface area (Å²) in [5, 5.41) is 11.0. The standard InChI is InChI=1S/C23H32O6/c1-7-28-20(25)18-16(24)13-23(6,27)19(21(26)29-8-2)17(18)14-9-11-15(12-10-14)22(3,4)5/h9-12,17-19,27H,7-8,13H2,1-6H3/t17-,18+,19+,23-/m0/s1. The van der Waals surface area contributed by atoms with Gasteiger partial charge in [-0.3, -0.25) is 14.4 Å². The number of hydrogen-bond donors (Lipinski definition) is 1. The van der Waals surface area contributed by atoms with Gasteiger partial charge in [-0.05, 0) is 37.3 Å². The molecule has 29 heavy (non-hydrogen) atoms. The maximum absolute atomic E-state index is 12.8. The van der Waals surface area contributed by atoms with Crippen LogP contribution in [-0.2, 0) is 29.3 Å². The number of carbonyl (C=O) groups excluding carboxylic acids is 3. The van der Waals surface area contributed by atoms with Crippen molar-refractivity contribution in [3.05, 3.63) is 35.4 Å². The fourth-order valence-electron chi connectivity index (χ4n) is 4.09. The normalized spacial score (nSPS) is 27.4. The maximum atomic E-state index is 12.8. The van der Waals surface area contributed by atoms with E-state index in [2.05, 4.69) is 20.8 Å². The number of Topliss-reactive ketones (excluding diaryl/α,β-unsaturated/α-hetero) is 1. The van der Waals surface area contributed by atoms with E-state index in [1.165, 1.54) is 6.92 Å². The zero-order valence-electron chi connectivity index (χ0n) is 18.2. The van der Waals surface area contributed by atoms with Gasteiger partial charge in [-0.2, -0.15) is 0 Å². The van der Waals surface area contributed by atoms with Gasteiger partial charge in [0.1, 0.15) is 5.92 Å². The summed E-state index contributed by atoms with van der Waals surface area (Å²) < 4.78 is 10.4. The van der Waals surface area contributed by atoms with Gasteiger partial charge >= 0.3 is 11.9 Å². The Bertz CT molecular complexity index is 757. The first-order valence-electron chi connectivity index (χ1n) is 10.1. The van der Waals surface area contributed by atoms with Crippen molar-refractivity contribution in [1.29, 1.82) is 0 Å². The largest absolute Gasteiger partial charge is 0.466 e. The second-order valence-electron chi connectivity index (χ2n) is 8.86. The summed E-state index contributed by atoms with van der Waals surface area (Å²) in [6.45, 7) is 11.3. The summed E-state index contributed by atoms with van der Waals surface area (Å²) >= 11 is 0. The van der Waals surface area contributed by atoms with Crippen LogP contribution < -0.4 is 0 Å². The van der Waals surface area contributed by atoms with Gasteiger partial charge in [-0.1, -0.05) is 45.0 Å². The van der Waals surface area contributed by atoms with E-state index in [-0.39, 0.29) is 25.0 Å². The molecule has 1 aliphatic carbocycles. The third-order valence-electron chi connectivity index (χ3n) is 5.51. The highest BCUT2D eigenvalue weighted by Crippen LogP contribution is 2.47. The third kappa shape index (κ3) is 4.86. The molecule has 1 N–H and O–H groups in total. The SMILES string of the molecule is CCOC(=O)[C@@H]1C(=O)C[C@](C)(O)[C@@H](C(=O)OCC)[C@H]1c1ccc(C(C)(C)C)cc1. The van der Waals surface area contributed by atoms with Gasteiger partial charge in [0.2, 0.25) is 0 Å². The van der Waals surface area contributed by atoms with Crippen molar-refractivity contribution in [2.45, 2.75) is 64.9 Å². The summed E-state index contributed by atoms with van der Waals surface area (Å²) in [5.74, 6) is -4.81. The van der Waals surface area contributed by atoms with Crippen LogP contribution in [0.2, 0.25) is 0 Å². The van der Waals surface area contributed by atoms with E-state index >= 15 is 0 Å². The Balaban J connectivity index is 2.61. The van der Waals surface area contributed by atoms with Crippen molar-refractivity contribution in [1.82, 2.24) is 0 Å². The fourth-order valence-corrected chi connectivity index (χ4v) is 4.09. The zero-order chi connectivity index (χ0) is 22.0. The molecule has 1 aromatic rings. The molecule has 0 spiro atoms. The van der Waals surface area contributed by atoms with Crippen molar-refractivity contribution < 1.29 is 29.0 Å². The van der Waals surface area contributed by atoms with Crippen LogP contribution in [0.25, 0.3) is 0 Å².